The highest BCUT2D eigenvalue weighted by molar-refractivity contribution is 7.10. The number of nitrogen functional groups attached to an aromatic ring is 1. The zero-order valence-corrected chi connectivity index (χ0v) is 11.8. The Bertz CT molecular complexity index is 592. The average Bonchev–Trinajstić information content (AvgIpc) is 2.82. The van der Waals surface area contributed by atoms with Crippen molar-refractivity contribution >= 4 is 28.6 Å². The Morgan fingerprint density at radius 2 is 2.16 bits per heavy atom. The molecule has 0 aliphatic rings. The number of carbonyl (C=O) groups excluding carboxylic acids is 1. The van der Waals surface area contributed by atoms with Crippen LogP contribution in [0.3, 0.4) is 0 Å². The topological polar surface area (TPSA) is 67.2 Å². The predicted octanol–water partition coefficient (Wildman–Crippen LogP) is 2.61. The highest BCUT2D eigenvalue weighted by atomic mass is 32.1. The van der Waals surface area contributed by atoms with E-state index in [2.05, 4.69) is 29.0 Å². The second-order valence-corrected chi connectivity index (χ2v) is 5.26. The summed E-state index contributed by atoms with van der Waals surface area (Å²) in [4.78, 5) is 12.9. The number of rotatable bonds is 4. The van der Waals surface area contributed by atoms with E-state index in [9.17, 15) is 4.79 Å². The number of thiophene rings is 1. The summed E-state index contributed by atoms with van der Waals surface area (Å²) < 4.78 is 0. The van der Waals surface area contributed by atoms with Crippen LogP contribution in [0.25, 0.3) is 0 Å². The molecule has 0 saturated heterocycles. The smallest absolute Gasteiger partial charge is 0.251 e. The molecule has 2 aromatic rings. The quantitative estimate of drug-likeness (QED) is 0.751. The molecule has 2 rings (SSSR count). The zero-order valence-electron chi connectivity index (χ0n) is 11.0. The number of nitrogens with two attached hydrogens (primary N) is 1. The lowest BCUT2D eigenvalue weighted by Gasteiger charge is -2.10. The summed E-state index contributed by atoms with van der Waals surface area (Å²) in [5.41, 5.74) is 9.21. The van der Waals surface area contributed by atoms with Gasteiger partial charge in [-0.1, -0.05) is 0 Å². The summed E-state index contributed by atoms with van der Waals surface area (Å²) in [5.74, 6) is -0.115. The van der Waals surface area contributed by atoms with E-state index in [0.29, 0.717) is 17.8 Å². The molecule has 4 N–H and O–H groups in total. The Morgan fingerprint density at radius 1 is 1.37 bits per heavy atom. The first-order chi connectivity index (χ1) is 9.11. The number of carbonyl (C=O) groups is 1. The molecule has 0 atom stereocenters. The van der Waals surface area contributed by atoms with Crippen molar-refractivity contribution in [3.63, 3.8) is 0 Å². The van der Waals surface area contributed by atoms with Gasteiger partial charge in [-0.05, 0) is 42.1 Å². The van der Waals surface area contributed by atoms with Crippen LogP contribution >= 0.6 is 11.3 Å². The fraction of sp³-hybridized carbons (Fsp3) is 0.214. The van der Waals surface area contributed by atoms with E-state index in [1.807, 2.05) is 0 Å². The number of hydrogen-bond acceptors (Lipinski definition) is 4. The molecule has 0 spiro atoms. The van der Waals surface area contributed by atoms with Crippen molar-refractivity contribution in [3.8, 4) is 0 Å². The van der Waals surface area contributed by atoms with E-state index >= 15 is 0 Å². The zero-order chi connectivity index (χ0) is 13.8. The van der Waals surface area contributed by atoms with Gasteiger partial charge in [-0.2, -0.15) is 0 Å². The van der Waals surface area contributed by atoms with Gasteiger partial charge in [-0.3, -0.25) is 4.79 Å². The van der Waals surface area contributed by atoms with Crippen molar-refractivity contribution in [2.75, 3.05) is 18.1 Å². The number of hydrogen-bond donors (Lipinski definition) is 3. The van der Waals surface area contributed by atoms with Crippen molar-refractivity contribution in [1.29, 1.82) is 0 Å². The van der Waals surface area contributed by atoms with Crippen LogP contribution in [0.15, 0.2) is 29.6 Å². The van der Waals surface area contributed by atoms with E-state index in [1.165, 1.54) is 10.4 Å². The summed E-state index contributed by atoms with van der Waals surface area (Å²) in [5, 5.41) is 7.95. The lowest BCUT2D eigenvalue weighted by atomic mass is 10.1. The van der Waals surface area contributed by atoms with Crippen LogP contribution in [0.2, 0.25) is 0 Å². The van der Waals surface area contributed by atoms with Gasteiger partial charge in [0.25, 0.3) is 5.91 Å². The molecule has 0 saturated carbocycles. The van der Waals surface area contributed by atoms with Gasteiger partial charge in [0.05, 0.1) is 11.4 Å². The Labute approximate surface area is 116 Å². The normalized spacial score (nSPS) is 10.2. The summed E-state index contributed by atoms with van der Waals surface area (Å²) in [6.45, 7) is 2.79. The second-order valence-electron chi connectivity index (χ2n) is 4.26. The molecule has 19 heavy (non-hydrogen) atoms. The number of nitrogens with one attached hydrogen (secondary N) is 2. The Kier molecular flexibility index (Phi) is 4.06. The summed E-state index contributed by atoms with van der Waals surface area (Å²) in [6.07, 6.45) is 0. The van der Waals surface area contributed by atoms with Crippen molar-refractivity contribution in [2.45, 2.75) is 13.5 Å². The van der Waals surface area contributed by atoms with E-state index < -0.39 is 0 Å². The highest BCUT2D eigenvalue weighted by Crippen LogP contribution is 2.23. The minimum atomic E-state index is -0.115. The molecular formula is C14H17N3OS. The minimum absolute atomic E-state index is 0.115. The number of aryl methyl sites for hydroxylation is 1. The maximum Gasteiger partial charge on any atom is 0.251 e. The van der Waals surface area contributed by atoms with Gasteiger partial charge < -0.3 is 16.4 Å². The molecule has 0 aliphatic heterocycles. The molecule has 4 nitrogen and oxygen atoms in total. The highest BCUT2D eigenvalue weighted by Gasteiger charge is 2.07. The molecule has 0 fully saturated rings. The van der Waals surface area contributed by atoms with Crippen LogP contribution < -0.4 is 16.4 Å². The Balaban J connectivity index is 2.15. The third-order valence-corrected chi connectivity index (χ3v) is 3.97. The van der Waals surface area contributed by atoms with Gasteiger partial charge in [-0.25, -0.2) is 0 Å². The minimum Gasteiger partial charge on any atom is -0.397 e. The van der Waals surface area contributed by atoms with Gasteiger partial charge in [0, 0.05) is 24.0 Å². The lowest BCUT2D eigenvalue weighted by Crippen LogP contribution is -2.18. The molecule has 1 amide bonds. The Hall–Kier alpha value is -2.01. The fourth-order valence-electron chi connectivity index (χ4n) is 1.76. The van der Waals surface area contributed by atoms with Crippen molar-refractivity contribution in [1.82, 2.24) is 5.32 Å². The molecular weight excluding hydrogens is 258 g/mol. The first-order valence-corrected chi connectivity index (χ1v) is 6.88. The molecule has 100 valence electrons. The molecule has 1 aromatic heterocycles. The second kappa shape index (κ2) is 5.75. The van der Waals surface area contributed by atoms with Gasteiger partial charge in [0.1, 0.15) is 0 Å². The maximum atomic E-state index is 11.6. The SMILES string of the molecule is CNC(=O)c1ccc(N)c(NCc2sccc2C)c1. The molecule has 1 aromatic carbocycles. The third-order valence-electron chi connectivity index (χ3n) is 2.95. The van der Waals surface area contributed by atoms with E-state index in [4.69, 9.17) is 5.73 Å². The number of benzene rings is 1. The van der Waals surface area contributed by atoms with Crippen molar-refractivity contribution < 1.29 is 4.79 Å². The van der Waals surface area contributed by atoms with Crippen molar-refractivity contribution in [2.24, 2.45) is 0 Å². The molecule has 0 unspecified atom stereocenters. The molecule has 1 heterocycles. The van der Waals surface area contributed by atoms with Crippen LogP contribution in [-0.2, 0) is 6.54 Å². The first-order valence-electron chi connectivity index (χ1n) is 6.00. The number of amides is 1. The monoisotopic (exact) mass is 275 g/mol. The lowest BCUT2D eigenvalue weighted by molar-refractivity contribution is 0.0963. The Morgan fingerprint density at radius 3 is 2.79 bits per heavy atom. The van der Waals surface area contributed by atoms with E-state index in [1.54, 1.807) is 36.6 Å². The standard InChI is InChI=1S/C14H17N3OS/c1-9-5-6-19-13(9)8-17-12-7-10(14(18)16-2)3-4-11(12)15/h3-7,17H,8,15H2,1-2H3,(H,16,18). The van der Waals surface area contributed by atoms with Crippen molar-refractivity contribution in [3.05, 3.63) is 45.6 Å². The van der Waals surface area contributed by atoms with Crippen LogP contribution in [0.4, 0.5) is 11.4 Å². The van der Waals surface area contributed by atoms with Gasteiger partial charge in [-0.15, -0.1) is 11.3 Å². The molecule has 0 bridgehead atoms. The molecule has 0 aliphatic carbocycles. The summed E-state index contributed by atoms with van der Waals surface area (Å²) in [7, 11) is 1.61. The largest absolute Gasteiger partial charge is 0.397 e. The van der Waals surface area contributed by atoms with Gasteiger partial charge in [0.2, 0.25) is 0 Å². The van der Waals surface area contributed by atoms with Crippen LogP contribution in [0.1, 0.15) is 20.8 Å². The third kappa shape index (κ3) is 3.06. The predicted molar refractivity (Wildman–Crippen MR) is 80.6 cm³/mol. The van der Waals surface area contributed by atoms with E-state index in [-0.39, 0.29) is 5.91 Å². The fourth-order valence-corrected chi connectivity index (χ4v) is 2.60. The number of anilines is 2. The summed E-state index contributed by atoms with van der Waals surface area (Å²) >= 11 is 1.71. The van der Waals surface area contributed by atoms with E-state index in [0.717, 1.165) is 5.69 Å². The van der Waals surface area contributed by atoms with Crippen LogP contribution in [-0.4, -0.2) is 13.0 Å². The first kappa shape index (κ1) is 13.4. The average molecular weight is 275 g/mol. The van der Waals surface area contributed by atoms with Crippen LogP contribution in [0.5, 0.6) is 0 Å². The van der Waals surface area contributed by atoms with Crippen LogP contribution in [0, 0.1) is 6.92 Å². The maximum absolute atomic E-state index is 11.6. The summed E-state index contributed by atoms with van der Waals surface area (Å²) in [6, 6.07) is 7.33. The van der Waals surface area contributed by atoms with Gasteiger partial charge in [0.15, 0.2) is 0 Å². The van der Waals surface area contributed by atoms with Gasteiger partial charge >= 0.3 is 0 Å². The molecule has 0 radical (unpaired) electrons. The molecule has 5 heteroatoms.